The van der Waals surface area contributed by atoms with Crippen LogP contribution in [0.4, 0.5) is 0 Å². The van der Waals surface area contributed by atoms with E-state index in [4.69, 9.17) is 0 Å². The van der Waals surface area contributed by atoms with Gasteiger partial charge in [0, 0.05) is 43.7 Å². The second kappa shape index (κ2) is 11.7. The van der Waals surface area contributed by atoms with Gasteiger partial charge in [-0.3, -0.25) is 0 Å². The number of aliphatic hydroxyl groups is 1. The van der Waals surface area contributed by atoms with Crippen LogP contribution in [-0.2, 0) is 6.54 Å². The SMILES string of the molecule is Cl.Cl.OCC(CN1CCSCC1)NCc1ccccc1. The van der Waals surface area contributed by atoms with Crippen LogP contribution in [0, 0.1) is 0 Å². The first-order chi connectivity index (χ1) is 8.88. The molecule has 1 aromatic rings. The molecule has 6 heteroatoms. The lowest BCUT2D eigenvalue weighted by Crippen LogP contribution is -2.45. The van der Waals surface area contributed by atoms with Gasteiger partial charge in [-0.05, 0) is 5.56 Å². The molecule has 1 saturated heterocycles. The third-order valence-electron chi connectivity index (χ3n) is 3.24. The van der Waals surface area contributed by atoms with Crippen LogP contribution in [0.15, 0.2) is 30.3 Å². The molecule has 1 fully saturated rings. The highest BCUT2D eigenvalue weighted by molar-refractivity contribution is 7.99. The zero-order valence-corrected chi connectivity index (χ0v) is 14.0. The molecule has 3 nitrogen and oxygen atoms in total. The van der Waals surface area contributed by atoms with E-state index >= 15 is 0 Å². The summed E-state index contributed by atoms with van der Waals surface area (Å²) in [6, 6.07) is 10.5. The second-order valence-electron chi connectivity index (χ2n) is 4.66. The van der Waals surface area contributed by atoms with E-state index in [0.29, 0.717) is 0 Å². The minimum absolute atomic E-state index is 0. The van der Waals surface area contributed by atoms with Gasteiger partial charge in [-0.25, -0.2) is 0 Å². The number of aliphatic hydroxyl groups excluding tert-OH is 1. The third-order valence-corrected chi connectivity index (χ3v) is 4.18. The summed E-state index contributed by atoms with van der Waals surface area (Å²) >= 11 is 2.02. The topological polar surface area (TPSA) is 35.5 Å². The van der Waals surface area contributed by atoms with Crippen molar-refractivity contribution >= 4 is 36.6 Å². The van der Waals surface area contributed by atoms with Gasteiger partial charge >= 0.3 is 0 Å². The molecule has 1 aromatic carbocycles. The highest BCUT2D eigenvalue weighted by Crippen LogP contribution is 2.09. The van der Waals surface area contributed by atoms with Crippen molar-refractivity contribution in [3.8, 4) is 0 Å². The fourth-order valence-electron chi connectivity index (χ4n) is 2.14. The summed E-state index contributed by atoms with van der Waals surface area (Å²) in [5.74, 6) is 2.44. The molecule has 0 spiro atoms. The minimum atomic E-state index is 0. The number of nitrogens with one attached hydrogen (secondary N) is 1. The summed E-state index contributed by atoms with van der Waals surface area (Å²) in [7, 11) is 0. The highest BCUT2D eigenvalue weighted by Gasteiger charge is 2.15. The van der Waals surface area contributed by atoms with E-state index in [0.717, 1.165) is 26.2 Å². The van der Waals surface area contributed by atoms with E-state index in [9.17, 15) is 5.11 Å². The molecule has 1 aliphatic rings. The van der Waals surface area contributed by atoms with E-state index in [2.05, 4.69) is 22.3 Å². The fraction of sp³-hybridized carbons (Fsp3) is 0.571. The molecule has 0 bridgehead atoms. The zero-order chi connectivity index (χ0) is 12.6. The van der Waals surface area contributed by atoms with Crippen LogP contribution in [0.1, 0.15) is 5.56 Å². The molecule has 116 valence electrons. The molecular weight excluding hydrogens is 315 g/mol. The van der Waals surface area contributed by atoms with Crippen LogP contribution in [-0.4, -0.2) is 53.8 Å². The minimum Gasteiger partial charge on any atom is -0.395 e. The predicted octanol–water partition coefficient (Wildman–Crippen LogP) is 2.03. The molecule has 1 atom stereocenters. The summed E-state index contributed by atoms with van der Waals surface area (Å²) < 4.78 is 0. The van der Waals surface area contributed by atoms with Crippen LogP contribution in [0.5, 0.6) is 0 Å². The van der Waals surface area contributed by atoms with Gasteiger partial charge in [-0.1, -0.05) is 30.3 Å². The standard InChI is InChI=1S/C14H22N2OS.2ClH/c17-12-14(11-16-6-8-18-9-7-16)15-10-13-4-2-1-3-5-13;;/h1-5,14-15,17H,6-12H2;2*1H. The maximum absolute atomic E-state index is 9.44. The largest absolute Gasteiger partial charge is 0.395 e. The van der Waals surface area contributed by atoms with Crippen LogP contribution < -0.4 is 5.32 Å². The monoisotopic (exact) mass is 338 g/mol. The molecule has 1 aliphatic heterocycles. The van der Waals surface area contributed by atoms with Crippen molar-refractivity contribution < 1.29 is 5.11 Å². The average Bonchev–Trinajstić information content (AvgIpc) is 2.45. The van der Waals surface area contributed by atoms with Gasteiger partial charge in [0.1, 0.15) is 0 Å². The van der Waals surface area contributed by atoms with E-state index in [1.807, 2.05) is 30.0 Å². The Kier molecular flexibility index (Phi) is 11.7. The highest BCUT2D eigenvalue weighted by atomic mass is 35.5. The summed E-state index contributed by atoms with van der Waals surface area (Å²) in [6.07, 6.45) is 0. The first-order valence-corrected chi connectivity index (χ1v) is 7.72. The molecule has 2 N–H and O–H groups in total. The quantitative estimate of drug-likeness (QED) is 0.831. The van der Waals surface area contributed by atoms with Gasteiger partial charge in [0.15, 0.2) is 0 Å². The molecule has 0 aromatic heterocycles. The normalized spacial score (nSPS) is 16.9. The fourth-order valence-corrected chi connectivity index (χ4v) is 3.12. The molecule has 0 amide bonds. The number of nitrogens with zero attached hydrogens (tertiary/aromatic N) is 1. The van der Waals surface area contributed by atoms with Crippen molar-refractivity contribution in [2.45, 2.75) is 12.6 Å². The molecule has 2 rings (SSSR count). The van der Waals surface area contributed by atoms with Gasteiger partial charge < -0.3 is 15.3 Å². The summed E-state index contributed by atoms with van der Waals surface area (Å²) in [5, 5.41) is 12.9. The number of rotatable bonds is 6. The Morgan fingerprint density at radius 2 is 1.80 bits per heavy atom. The maximum atomic E-state index is 9.44. The van der Waals surface area contributed by atoms with Gasteiger partial charge in [0.2, 0.25) is 0 Å². The van der Waals surface area contributed by atoms with Crippen molar-refractivity contribution in [3.63, 3.8) is 0 Å². The van der Waals surface area contributed by atoms with E-state index in [1.54, 1.807) is 0 Å². The predicted molar refractivity (Wildman–Crippen MR) is 92.4 cm³/mol. The van der Waals surface area contributed by atoms with Gasteiger partial charge in [0.05, 0.1) is 6.61 Å². The lowest BCUT2D eigenvalue weighted by atomic mass is 10.2. The molecule has 0 saturated carbocycles. The Balaban J connectivity index is 0.00000180. The Morgan fingerprint density at radius 1 is 1.15 bits per heavy atom. The first kappa shape index (κ1) is 20.0. The zero-order valence-electron chi connectivity index (χ0n) is 11.5. The van der Waals surface area contributed by atoms with Gasteiger partial charge in [-0.2, -0.15) is 11.8 Å². The molecule has 20 heavy (non-hydrogen) atoms. The molecule has 1 unspecified atom stereocenters. The van der Waals surface area contributed by atoms with Crippen LogP contribution in [0.25, 0.3) is 0 Å². The van der Waals surface area contributed by atoms with Crippen molar-refractivity contribution in [2.75, 3.05) is 37.7 Å². The van der Waals surface area contributed by atoms with Crippen LogP contribution >= 0.6 is 36.6 Å². The van der Waals surface area contributed by atoms with Crippen molar-refractivity contribution in [3.05, 3.63) is 35.9 Å². The number of benzene rings is 1. The summed E-state index contributed by atoms with van der Waals surface area (Å²) in [6.45, 7) is 4.28. The van der Waals surface area contributed by atoms with Gasteiger partial charge in [-0.15, -0.1) is 24.8 Å². The van der Waals surface area contributed by atoms with Crippen molar-refractivity contribution in [2.24, 2.45) is 0 Å². The molecular formula is C14H24Cl2N2OS. The number of halogens is 2. The average molecular weight is 339 g/mol. The van der Waals surface area contributed by atoms with Crippen LogP contribution in [0.3, 0.4) is 0 Å². The second-order valence-corrected chi connectivity index (χ2v) is 5.88. The Bertz CT molecular complexity index is 337. The smallest absolute Gasteiger partial charge is 0.0597 e. The molecule has 1 heterocycles. The number of hydrogen-bond donors (Lipinski definition) is 2. The number of thioether (sulfide) groups is 1. The summed E-state index contributed by atoms with van der Waals surface area (Å²) in [4.78, 5) is 2.44. The third kappa shape index (κ3) is 7.16. The lowest BCUT2D eigenvalue weighted by molar-refractivity contribution is 0.188. The molecule has 0 radical (unpaired) electrons. The van der Waals surface area contributed by atoms with E-state index < -0.39 is 0 Å². The number of hydrogen-bond acceptors (Lipinski definition) is 4. The Labute approximate surface area is 138 Å². The molecule has 0 aliphatic carbocycles. The van der Waals surface area contributed by atoms with Crippen molar-refractivity contribution in [1.29, 1.82) is 0 Å². The maximum Gasteiger partial charge on any atom is 0.0597 e. The summed E-state index contributed by atoms with van der Waals surface area (Å²) in [5.41, 5.74) is 1.27. The van der Waals surface area contributed by atoms with Crippen LogP contribution in [0.2, 0.25) is 0 Å². The van der Waals surface area contributed by atoms with E-state index in [-0.39, 0.29) is 37.5 Å². The Hall–Kier alpha value is 0.0300. The van der Waals surface area contributed by atoms with E-state index in [1.165, 1.54) is 17.1 Å². The van der Waals surface area contributed by atoms with Gasteiger partial charge in [0.25, 0.3) is 0 Å². The Morgan fingerprint density at radius 3 is 2.40 bits per heavy atom. The lowest BCUT2D eigenvalue weighted by Gasteiger charge is -2.30. The van der Waals surface area contributed by atoms with Crippen molar-refractivity contribution in [1.82, 2.24) is 10.2 Å². The first-order valence-electron chi connectivity index (χ1n) is 6.57.